The maximum absolute atomic E-state index is 10.0. The lowest BCUT2D eigenvalue weighted by atomic mass is 10.1. The first-order chi connectivity index (χ1) is 10.5. The standard InChI is InChI=1S/2C8H16O2.C2H4/c2*1-2-3-4-5-6-7-8(9)10;1-2/h2*2-7H2,1H3,(H,9,10);1-2H2. The smallest absolute Gasteiger partial charge is 0.303 e. The van der Waals surface area contributed by atoms with Gasteiger partial charge in [0.15, 0.2) is 0 Å². The van der Waals surface area contributed by atoms with Gasteiger partial charge in [-0.1, -0.05) is 65.2 Å². The van der Waals surface area contributed by atoms with Gasteiger partial charge in [-0.15, -0.1) is 13.2 Å². The molecule has 0 bridgehead atoms. The molecule has 0 rings (SSSR count). The van der Waals surface area contributed by atoms with Crippen LogP contribution >= 0.6 is 0 Å². The summed E-state index contributed by atoms with van der Waals surface area (Å²) in [7, 11) is 0. The van der Waals surface area contributed by atoms with Crippen LogP contribution in [0.15, 0.2) is 13.2 Å². The number of carbonyl (C=O) groups is 2. The lowest BCUT2D eigenvalue weighted by Crippen LogP contribution is -1.93. The molecule has 4 nitrogen and oxygen atoms in total. The van der Waals surface area contributed by atoms with Crippen LogP contribution in [0.2, 0.25) is 0 Å². The van der Waals surface area contributed by atoms with Crippen molar-refractivity contribution in [2.75, 3.05) is 0 Å². The van der Waals surface area contributed by atoms with E-state index in [1.165, 1.54) is 38.5 Å². The third-order valence-corrected chi connectivity index (χ3v) is 2.99. The molecular formula is C18H36O4. The van der Waals surface area contributed by atoms with Crippen molar-refractivity contribution >= 4 is 11.9 Å². The lowest BCUT2D eigenvalue weighted by Gasteiger charge is -1.95. The van der Waals surface area contributed by atoms with Gasteiger partial charge in [-0.05, 0) is 12.8 Å². The molecule has 0 atom stereocenters. The number of aliphatic carboxylic acids is 2. The maximum Gasteiger partial charge on any atom is 0.303 e. The summed E-state index contributed by atoms with van der Waals surface area (Å²) < 4.78 is 0. The van der Waals surface area contributed by atoms with Crippen LogP contribution in [-0.4, -0.2) is 22.2 Å². The second kappa shape index (κ2) is 24.7. The van der Waals surface area contributed by atoms with E-state index in [0.29, 0.717) is 12.8 Å². The molecule has 2 N–H and O–H groups in total. The Morgan fingerprint density at radius 1 is 0.636 bits per heavy atom. The second-order valence-electron chi connectivity index (χ2n) is 5.12. The summed E-state index contributed by atoms with van der Waals surface area (Å²) in [6.07, 6.45) is 11.8. The second-order valence-corrected chi connectivity index (χ2v) is 5.12. The van der Waals surface area contributed by atoms with Gasteiger partial charge in [0, 0.05) is 12.8 Å². The highest BCUT2D eigenvalue weighted by atomic mass is 16.4. The van der Waals surface area contributed by atoms with Crippen molar-refractivity contribution in [1.82, 2.24) is 0 Å². The molecule has 0 aromatic rings. The van der Waals surface area contributed by atoms with Gasteiger partial charge in [-0.2, -0.15) is 0 Å². The molecule has 0 aliphatic carbocycles. The minimum Gasteiger partial charge on any atom is -0.481 e. The topological polar surface area (TPSA) is 74.6 Å². The number of unbranched alkanes of at least 4 members (excludes halogenated alkanes) is 8. The SMILES string of the molecule is C=C.CCCCCCCC(=O)O.CCCCCCCC(=O)O. The van der Waals surface area contributed by atoms with Gasteiger partial charge in [-0.25, -0.2) is 0 Å². The predicted molar refractivity (Wildman–Crippen MR) is 93.3 cm³/mol. The first-order valence-corrected chi connectivity index (χ1v) is 8.48. The van der Waals surface area contributed by atoms with Crippen molar-refractivity contribution in [3.63, 3.8) is 0 Å². The number of hydrogen-bond acceptors (Lipinski definition) is 2. The summed E-state index contributed by atoms with van der Waals surface area (Å²) in [5, 5.41) is 16.5. The molecule has 0 aromatic carbocycles. The van der Waals surface area contributed by atoms with Crippen LogP contribution in [-0.2, 0) is 9.59 Å². The fourth-order valence-electron chi connectivity index (χ4n) is 1.76. The normalized spacial score (nSPS) is 9.00. The van der Waals surface area contributed by atoms with E-state index in [0.717, 1.165) is 25.7 Å². The largest absolute Gasteiger partial charge is 0.481 e. The highest BCUT2D eigenvalue weighted by Crippen LogP contribution is 2.04. The van der Waals surface area contributed by atoms with E-state index in [4.69, 9.17) is 10.2 Å². The Hall–Kier alpha value is -1.32. The number of rotatable bonds is 12. The van der Waals surface area contributed by atoms with Crippen molar-refractivity contribution in [2.45, 2.75) is 90.9 Å². The van der Waals surface area contributed by atoms with Crippen molar-refractivity contribution in [3.05, 3.63) is 13.2 Å². The van der Waals surface area contributed by atoms with Gasteiger partial charge in [0.05, 0.1) is 0 Å². The fourth-order valence-corrected chi connectivity index (χ4v) is 1.76. The molecule has 0 saturated carbocycles. The Morgan fingerprint density at radius 3 is 1.14 bits per heavy atom. The highest BCUT2D eigenvalue weighted by molar-refractivity contribution is 5.66. The zero-order chi connectivity index (χ0) is 17.6. The van der Waals surface area contributed by atoms with Gasteiger partial charge in [-0.3, -0.25) is 9.59 Å². The van der Waals surface area contributed by atoms with Crippen LogP contribution in [0.5, 0.6) is 0 Å². The minimum atomic E-state index is -0.670. The lowest BCUT2D eigenvalue weighted by molar-refractivity contribution is -0.138. The minimum absolute atomic E-state index is 0.337. The van der Waals surface area contributed by atoms with E-state index in [1.807, 2.05) is 0 Å². The summed E-state index contributed by atoms with van der Waals surface area (Å²) in [6, 6.07) is 0. The molecule has 0 aliphatic heterocycles. The van der Waals surface area contributed by atoms with E-state index >= 15 is 0 Å². The molecule has 0 radical (unpaired) electrons. The Kier molecular flexibility index (Phi) is 28.7. The molecule has 0 fully saturated rings. The zero-order valence-electron chi connectivity index (χ0n) is 14.6. The molecule has 0 spiro atoms. The molecule has 22 heavy (non-hydrogen) atoms. The van der Waals surface area contributed by atoms with Crippen LogP contribution < -0.4 is 0 Å². The molecule has 132 valence electrons. The molecule has 0 aromatic heterocycles. The van der Waals surface area contributed by atoms with Crippen LogP contribution in [0.3, 0.4) is 0 Å². The average Bonchev–Trinajstić information content (AvgIpc) is 2.49. The Labute approximate surface area is 136 Å². The highest BCUT2D eigenvalue weighted by Gasteiger charge is 1.95. The molecule has 0 aliphatic rings. The van der Waals surface area contributed by atoms with Crippen LogP contribution in [0.1, 0.15) is 90.9 Å². The third kappa shape index (κ3) is 36.3. The predicted octanol–water partition coefficient (Wildman–Crippen LogP) is 5.67. The van der Waals surface area contributed by atoms with Crippen molar-refractivity contribution < 1.29 is 19.8 Å². The maximum atomic E-state index is 10.0. The Bertz CT molecular complexity index is 215. The zero-order valence-corrected chi connectivity index (χ0v) is 14.6. The molecule has 4 heteroatoms. The monoisotopic (exact) mass is 316 g/mol. The van der Waals surface area contributed by atoms with E-state index in [9.17, 15) is 9.59 Å². The number of carboxylic acid groups (broad SMARTS) is 2. The summed E-state index contributed by atoms with van der Waals surface area (Å²) in [5.41, 5.74) is 0. The van der Waals surface area contributed by atoms with E-state index in [2.05, 4.69) is 27.0 Å². The quantitative estimate of drug-likeness (QED) is 0.359. The van der Waals surface area contributed by atoms with Gasteiger partial charge < -0.3 is 10.2 Å². The molecule has 0 heterocycles. The molecule has 0 amide bonds. The number of hydrogen-bond donors (Lipinski definition) is 2. The Morgan fingerprint density at radius 2 is 0.909 bits per heavy atom. The van der Waals surface area contributed by atoms with Crippen molar-refractivity contribution in [2.24, 2.45) is 0 Å². The first-order valence-electron chi connectivity index (χ1n) is 8.48. The van der Waals surface area contributed by atoms with Gasteiger partial charge >= 0.3 is 11.9 Å². The van der Waals surface area contributed by atoms with Crippen LogP contribution in [0, 0.1) is 0 Å². The number of carboxylic acids is 2. The molecule has 0 unspecified atom stereocenters. The van der Waals surface area contributed by atoms with Crippen molar-refractivity contribution in [1.29, 1.82) is 0 Å². The summed E-state index contributed by atoms with van der Waals surface area (Å²) >= 11 is 0. The average molecular weight is 316 g/mol. The Balaban J connectivity index is -0.000000294. The van der Waals surface area contributed by atoms with Gasteiger partial charge in [0.25, 0.3) is 0 Å². The summed E-state index contributed by atoms with van der Waals surface area (Å²) in [6.45, 7) is 10.3. The van der Waals surface area contributed by atoms with E-state index in [1.54, 1.807) is 0 Å². The molecule has 0 saturated heterocycles. The van der Waals surface area contributed by atoms with Gasteiger partial charge in [0.2, 0.25) is 0 Å². The fraction of sp³-hybridized carbons (Fsp3) is 0.778. The van der Waals surface area contributed by atoms with Crippen molar-refractivity contribution in [3.8, 4) is 0 Å². The summed E-state index contributed by atoms with van der Waals surface area (Å²) in [5.74, 6) is -1.34. The van der Waals surface area contributed by atoms with E-state index in [-0.39, 0.29) is 0 Å². The molecular weight excluding hydrogens is 280 g/mol. The third-order valence-electron chi connectivity index (χ3n) is 2.99. The van der Waals surface area contributed by atoms with Crippen LogP contribution in [0.25, 0.3) is 0 Å². The summed E-state index contributed by atoms with van der Waals surface area (Å²) in [4.78, 5) is 20.1. The van der Waals surface area contributed by atoms with Gasteiger partial charge in [0.1, 0.15) is 0 Å². The van der Waals surface area contributed by atoms with E-state index < -0.39 is 11.9 Å². The first kappa shape index (κ1) is 25.6. The van der Waals surface area contributed by atoms with Crippen LogP contribution in [0.4, 0.5) is 0 Å².